The van der Waals surface area contributed by atoms with Crippen LogP contribution >= 0.6 is 11.6 Å². The van der Waals surface area contributed by atoms with E-state index in [1.54, 1.807) is 0 Å². The van der Waals surface area contributed by atoms with Crippen molar-refractivity contribution in [2.45, 2.75) is 25.9 Å². The van der Waals surface area contributed by atoms with Gasteiger partial charge in [0.25, 0.3) is 0 Å². The van der Waals surface area contributed by atoms with Crippen LogP contribution in [-0.4, -0.2) is 37.5 Å². The molecule has 0 radical (unpaired) electrons. The molecule has 1 N–H and O–H groups in total. The Morgan fingerprint density at radius 3 is 2.68 bits per heavy atom. The zero-order valence-electron chi connectivity index (χ0n) is 13.4. The van der Waals surface area contributed by atoms with Gasteiger partial charge in [0.05, 0.1) is 22.9 Å². The van der Waals surface area contributed by atoms with Gasteiger partial charge < -0.3 is 5.32 Å². The van der Waals surface area contributed by atoms with E-state index < -0.39 is 39.3 Å². The van der Waals surface area contributed by atoms with Gasteiger partial charge in [-0.3, -0.25) is 4.79 Å². The van der Waals surface area contributed by atoms with Crippen molar-refractivity contribution in [1.29, 1.82) is 0 Å². The molecule has 1 saturated heterocycles. The van der Waals surface area contributed by atoms with Crippen molar-refractivity contribution in [3.8, 4) is 0 Å². The Labute approximate surface area is 149 Å². The minimum Gasteiger partial charge on any atom is -0.325 e. The van der Waals surface area contributed by atoms with Gasteiger partial charge in [0.15, 0.2) is 0 Å². The predicted octanol–water partition coefficient (Wildman–Crippen LogP) is 3.36. The number of carbonyl (C=O) groups is 1. The summed E-state index contributed by atoms with van der Waals surface area (Å²) in [5, 5.41) is 2.17. The SMILES string of the molecule is CCS(=O)(=O)N1CCC[C@H](C(=O)Nc2ccc(Cl)cc2C(F)(F)F)C1. The second kappa shape index (κ2) is 7.51. The lowest BCUT2D eigenvalue weighted by molar-refractivity contribution is -0.137. The second-order valence-electron chi connectivity index (χ2n) is 5.77. The first kappa shape index (κ1) is 20.0. The highest BCUT2D eigenvalue weighted by Gasteiger charge is 2.36. The molecule has 140 valence electrons. The first-order valence-corrected chi connectivity index (χ1v) is 9.68. The molecule has 1 aliphatic heterocycles. The number of sulfonamides is 1. The molecule has 0 saturated carbocycles. The summed E-state index contributed by atoms with van der Waals surface area (Å²) in [6.45, 7) is 1.79. The van der Waals surface area contributed by atoms with E-state index in [0.29, 0.717) is 19.4 Å². The zero-order chi connectivity index (χ0) is 18.8. The molecule has 1 fully saturated rings. The van der Waals surface area contributed by atoms with Crippen molar-refractivity contribution in [3.63, 3.8) is 0 Å². The highest BCUT2D eigenvalue weighted by Crippen LogP contribution is 2.37. The van der Waals surface area contributed by atoms with Gasteiger partial charge in [-0.25, -0.2) is 12.7 Å². The topological polar surface area (TPSA) is 66.5 Å². The first-order chi connectivity index (χ1) is 11.5. The van der Waals surface area contributed by atoms with Crippen LogP contribution in [0.3, 0.4) is 0 Å². The molecule has 1 aromatic carbocycles. The fourth-order valence-electron chi connectivity index (χ4n) is 2.69. The molecule has 1 amide bonds. The fourth-order valence-corrected chi connectivity index (χ4v) is 4.04. The number of nitrogens with zero attached hydrogens (tertiary/aromatic N) is 1. The second-order valence-corrected chi connectivity index (χ2v) is 8.47. The standard InChI is InChI=1S/C15H18ClF3N2O3S/c1-2-25(23,24)21-7-3-4-10(9-21)14(22)20-13-6-5-11(16)8-12(13)15(17,18)19/h5-6,8,10H,2-4,7,9H2,1H3,(H,20,22)/t10-/m0/s1. The van der Waals surface area contributed by atoms with E-state index in [4.69, 9.17) is 11.6 Å². The van der Waals surface area contributed by atoms with Crippen LogP contribution in [0.15, 0.2) is 18.2 Å². The summed E-state index contributed by atoms with van der Waals surface area (Å²) in [5.41, 5.74) is -1.43. The lowest BCUT2D eigenvalue weighted by Crippen LogP contribution is -2.44. The van der Waals surface area contributed by atoms with E-state index in [0.717, 1.165) is 12.1 Å². The minimum absolute atomic E-state index is 0.0308. The lowest BCUT2D eigenvalue weighted by Gasteiger charge is -2.31. The minimum atomic E-state index is -4.67. The van der Waals surface area contributed by atoms with E-state index in [-0.39, 0.29) is 17.3 Å². The molecule has 25 heavy (non-hydrogen) atoms. The maximum atomic E-state index is 13.1. The molecule has 1 aliphatic rings. The van der Waals surface area contributed by atoms with Crippen molar-refractivity contribution in [1.82, 2.24) is 4.31 Å². The van der Waals surface area contributed by atoms with E-state index in [9.17, 15) is 26.4 Å². The van der Waals surface area contributed by atoms with E-state index in [1.807, 2.05) is 0 Å². The smallest absolute Gasteiger partial charge is 0.325 e. The molecule has 1 aromatic rings. The van der Waals surface area contributed by atoms with E-state index in [1.165, 1.54) is 17.3 Å². The predicted molar refractivity (Wildman–Crippen MR) is 88.8 cm³/mol. The van der Waals surface area contributed by atoms with Gasteiger partial charge in [0.1, 0.15) is 0 Å². The highest BCUT2D eigenvalue weighted by molar-refractivity contribution is 7.89. The number of nitrogens with one attached hydrogen (secondary N) is 1. The number of carbonyl (C=O) groups excluding carboxylic acids is 1. The maximum absolute atomic E-state index is 13.1. The molecule has 5 nitrogen and oxygen atoms in total. The van der Waals surface area contributed by atoms with E-state index >= 15 is 0 Å². The number of anilines is 1. The normalized spacial score (nSPS) is 19.6. The van der Waals surface area contributed by atoms with Crippen LogP contribution in [0.2, 0.25) is 5.02 Å². The van der Waals surface area contributed by atoms with Crippen LogP contribution < -0.4 is 5.32 Å². The fraction of sp³-hybridized carbons (Fsp3) is 0.533. The molecular formula is C15H18ClF3N2O3S. The van der Waals surface area contributed by atoms with Gasteiger partial charge in [-0.2, -0.15) is 13.2 Å². The average Bonchev–Trinajstić information content (AvgIpc) is 2.55. The monoisotopic (exact) mass is 398 g/mol. The third kappa shape index (κ3) is 4.86. The van der Waals surface area contributed by atoms with Crippen molar-refractivity contribution in [2.24, 2.45) is 5.92 Å². The van der Waals surface area contributed by atoms with Crippen LogP contribution in [0.5, 0.6) is 0 Å². The van der Waals surface area contributed by atoms with Gasteiger partial charge in [0.2, 0.25) is 15.9 Å². The molecule has 2 rings (SSSR count). The molecule has 1 heterocycles. The van der Waals surface area contributed by atoms with Crippen molar-refractivity contribution in [2.75, 3.05) is 24.2 Å². The van der Waals surface area contributed by atoms with Crippen molar-refractivity contribution < 1.29 is 26.4 Å². The zero-order valence-corrected chi connectivity index (χ0v) is 15.0. The summed E-state index contributed by atoms with van der Waals surface area (Å²) in [4.78, 5) is 12.4. The summed E-state index contributed by atoms with van der Waals surface area (Å²) in [6, 6.07) is 3.08. The Hall–Kier alpha value is -1.32. The quantitative estimate of drug-likeness (QED) is 0.845. The average molecular weight is 399 g/mol. The Kier molecular flexibility index (Phi) is 6.01. The molecule has 1 atom stereocenters. The number of rotatable bonds is 4. The summed E-state index contributed by atoms with van der Waals surface area (Å²) in [7, 11) is -3.44. The van der Waals surface area contributed by atoms with Crippen LogP contribution in [0.4, 0.5) is 18.9 Å². The van der Waals surface area contributed by atoms with Gasteiger partial charge in [-0.15, -0.1) is 0 Å². The van der Waals surface area contributed by atoms with Crippen LogP contribution in [0, 0.1) is 5.92 Å². The number of benzene rings is 1. The number of hydrogen-bond donors (Lipinski definition) is 1. The van der Waals surface area contributed by atoms with E-state index in [2.05, 4.69) is 5.32 Å². The maximum Gasteiger partial charge on any atom is 0.418 e. The third-order valence-electron chi connectivity index (χ3n) is 4.06. The largest absolute Gasteiger partial charge is 0.418 e. The molecule has 0 aliphatic carbocycles. The van der Waals surface area contributed by atoms with Gasteiger partial charge in [-0.1, -0.05) is 11.6 Å². The Morgan fingerprint density at radius 2 is 2.08 bits per heavy atom. The Morgan fingerprint density at radius 1 is 1.40 bits per heavy atom. The number of halogens is 4. The highest BCUT2D eigenvalue weighted by atomic mass is 35.5. The summed E-state index contributed by atoms with van der Waals surface area (Å²) in [5.74, 6) is -1.42. The molecule has 0 bridgehead atoms. The van der Waals surface area contributed by atoms with Crippen LogP contribution in [0.1, 0.15) is 25.3 Å². The number of hydrogen-bond acceptors (Lipinski definition) is 3. The third-order valence-corrected chi connectivity index (χ3v) is 6.14. The summed E-state index contributed by atoms with van der Waals surface area (Å²) in [6.07, 6.45) is -3.78. The Balaban J connectivity index is 2.18. The number of amides is 1. The lowest BCUT2D eigenvalue weighted by atomic mass is 9.98. The first-order valence-electron chi connectivity index (χ1n) is 7.70. The van der Waals surface area contributed by atoms with Crippen molar-refractivity contribution in [3.05, 3.63) is 28.8 Å². The van der Waals surface area contributed by atoms with Crippen LogP contribution in [0.25, 0.3) is 0 Å². The number of alkyl halides is 3. The molecular weight excluding hydrogens is 381 g/mol. The number of piperidine rings is 1. The van der Waals surface area contributed by atoms with Gasteiger partial charge in [-0.05, 0) is 38.0 Å². The van der Waals surface area contributed by atoms with Gasteiger partial charge >= 0.3 is 6.18 Å². The summed E-state index contributed by atoms with van der Waals surface area (Å²) < 4.78 is 64.3. The molecule has 0 unspecified atom stereocenters. The molecule has 0 spiro atoms. The molecule has 10 heteroatoms. The van der Waals surface area contributed by atoms with Gasteiger partial charge in [0, 0.05) is 18.1 Å². The van der Waals surface area contributed by atoms with Crippen LogP contribution in [-0.2, 0) is 21.0 Å². The Bertz CT molecular complexity index is 753. The molecule has 0 aromatic heterocycles. The van der Waals surface area contributed by atoms with Crippen molar-refractivity contribution >= 4 is 33.2 Å². The summed E-state index contributed by atoms with van der Waals surface area (Å²) >= 11 is 5.61.